The number of carbonyl (C=O) groups excluding carboxylic acids is 1. The van der Waals surface area contributed by atoms with E-state index in [1.807, 2.05) is 37.3 Å². The van der Waals surface area contributed by atoms with Crippen LogP contribution in [0.1, 0.15) is 10.4 Å². The molecule has 0 atom stereocenters. The summed E-state index contributed by atoms with van der Waals surface area (Å²) in [5, 5.41) is 3.41. The Morgan fingerprint density at radius 2 is 2.21 bits per heavy atom. The van der Waals surface area contributed by atoms with Gasteiger partial charge in [-0.05, 0) is 36.6 Å². The van der Waals surface area contributed by atoms with Gasteiger partial charge in [0, 0.05) is 16.0 Å². The average molecular weight is 289 g/mol. The molecule has 1 aromatic heterocycles. The van der Waals surface area contributed by atoms with E-state index in [0.717, 1.165) is 15.3 Å². The summed E-state index contributed by atoms with van der Waals surface area (Å²) >= 11 is 2.91. The van der Waals surface area contributed by atoms with Gasteiger partial charge in [-0.15, -0.1) is 11.3 Å². The third-order valence-corrected chi connectivity index (χ3v) is 4.32. The van der Waals surface area contributed by atoms with Crippen molar-refractivity contribution in [1.82, 2.24) is 9.71 Å². The molecular formula is C13H11N3OS2. The number of thiazole rings is 1. The lowest BCUT2D eigenvalue weighted by atomic mass is 10.2. The van der Waals surface area contributed by atoms with Crippen molar-refractivity contribution >= 4 is 40.4 Å². The van der Waals surface area contributed by atoms with Gasteiger partial charge in [-0.2, -0.15) is 0 Å². The van der Waals surface area contributed by atoms with Crippen molar-refractivity contribution in [3.63, 3.8) is 0 Å². The number of aryl methyl sites for hydroxylation is 1. The number of hydrogen-bond acceptors (Lipinski definition) is 5. The molecule has 3 rings (SSSR count). The summed E-state index contributed by atoms with van der Waals surface area (Å²) in [5.74, 6) is -0.170. The number of anilines is 1. The van der Waals surface area contributed by atoms with E-state index in [2.05, 4.69) is 15.0 Å². The average Bonchev–Trinajstić information content (AvgIpc) is 2.83. The predicted octanol–water partition coefficient (Wildman–Crippen LogP) is 3.04. The van der Waals surface area contributed by atoms with Crippen LogP contribution in [-0.4, -0.2) is 10.9 Å². The van der Waals surface area contributed by atoms with Gasteiger partial charge in [0.25, 0.3) is 5.91 Å². The van der Waals surface area contributed by atoms with Crippen molar-refractivity contribution < 1.29 is 4.79 Å². The minimum Gasteiger partial charge on any atom is -0.321 e. The van der Waals surface area contributed by atoms with Crippen molar-refractivity contribution in [2.45, 2.75) is 11.8 Å². The summed E-state index contributed by atoms with van der Waals surface area (Å²) in [5.41, 5.74) is 1.59. The van der Waals surface area contributed by atoms with Crippen LogP contribution in [-0.2, 0) is 4.79 Å². The van der Waals surface area contributed by atoms with E-state index in [0.29, 0.717) is 10.8 Å². The molecule has 1 aliphatic heterocycles. The number of benzene rings is 1. The van der Waals surface area contributed by atoms with Crippen molar-refractivity contribution in [3.05, 3.63) is 46.6 Å². The van der Waals surface area contributed by atoms with Crippen LogP contribution in [0.15, 0.2) is 41.1 Å². The number of hydrogen-bond donors (Lipinski definition) is 2. The predicted molar refractivity (Wildman–Crippen MR) is 78.9 cm³/mol. The van der Waals surface area contributed by atoms with Gasteiger partial charge in [0.1, 0.15) is 5.70 Å². The molecule has 2 heterocycles. The number of nitrogens with zero attached hydrogens (tertiary/aromatic N) is 1. The smallest absolute Gasteiger partial charge is 0.274 e. The molecule has 1 aromatic carbocycles. The maximum atomic E-state index is 12.1. The van der Waals surface area contributed by atoms with Gasteiger partial charge >= 0.3 is 0 Å². The molecule has 0 saturated heterocycles. The van der Waals surface area contributed by atoms with Crippen LogP contribution in [0, 0.1) is 6.92 Å². The molecule has 19 heavy (non-hydrogen) atoms. The fraction of sp³-hybridized carbons (Fsp3) is 0.0769. The van der Waals surface area contributed by atoms with Crippen LogP contribution >= 0.6 is 23.3 Å². The Hall–Kier alpha value is -1.79. The lowest BCUT2D eigenvalue weighted by Crippen LogP contribution is -2.23. The van der Waals surface area contributed by atoms with Crippen LogP contribution < -0.4 is 10.0 Å². The van der Waals surface area contributed by atoms with E-state index in [9.17, 15) is 4.79 Å². The van der Waals surface area contributed by atoms with E-state index in [1.54, 1.807) is 6.20 Å². The van der Waals surface area contributed by atoms with Crippen molar-refractivity contribution in [2.24, 2.45) is 0 Å². The fourth-order valence-electron chi connectivity index (χ4n) is 1.68. The Balaban J connectivity index is 1.80. The number of carbonyl (C=O) groups is 1. The first-order valence-electron chi connectivity index (χ1n) is 5.70. The Morgan fingerprint density at radius 1 is 1.37 bits per heavy atom. The normalized spacial score (nSPS) is 13.2. The van der Waals surface area contributed by atoms with Crippen molar-refractivity contribution in [3.8, 4) is 0 Å². The lowest BCUT2D eigenvalue weighted by molar-refractivity contribution is -0.112. The Labute approximate surface area is 119 Å². The van der Waals surface area contributed by atoms with Gasteiger partial charge in [-0.25, -0.2) is 4.98 Å². The highest BCUT2D eigenvalue weighted by Gasteiger charge is 2.16. The summed E-state index contributed by atoms with van der Waals surface area (Å²) in [6.45, 7) is 1.96. The number of aromatic nitrogens is 1. The molecular weight excluding hydrogens is 278 g/mol. The molecule has 0 radical (unpaired) electrons. The molecule has 0 fully saturated rings. The van der Waals surface area contributed by atoms with Crippen LogP contribution in [0.25, 0.3) is 6.08 Å². The summed E-state index contributed by atoms with van der Waals surface area (Å²) in [4.78, 5) is 18.4. The second-order valence-electron chi connectivity index (χ2n) is 4.03. The molecule has 2 aromatic rings. The molecule has 0 spiro atoms. The highest BCUT2D eigenvalue weighted by molar-refractivity contribution is 7.97. The molecule has 0 saturated carbocycles. The quantitative estimate of drug-likeness (QED) is 0.834. The molecule has 96 valence electrons. The molecule has 4 nitrogen and oxygen atoms in total. The van der Waals surface area contributed by atoms with Crippen molar-refractivity contribution in [1.29, 1.82) is 0 Å². The maximum absolute atomic E-state index is 12.1. The van der Waals surface area contributed by atoms with E-state index in [1.165, 1.54) is 23.3 Å². The van der Waals surface area contributed by atoms with Crippen LogP contribution in [0.5, 0.6) is 0 Å². The molecule has 0 bridgehead atoms. The summed E-state index contributed by atoms with van der Waals surface area (Å²) < 4.78 is 3.04. The molecule has 1 amide bonds. The second kappa shape index (κ2) is 5.07. The number of fused-ring (bicyclic) bond motifs is 1. The minimum absolute atomic E-state index is 0.170. The molecule has 2 N–H and O–H groups in total. The maximum Gasteiger partial charge on any atom is 0.274 e. The summed E-state index contributed by atoms with van der Waals surface area (Å²) in [6, 6.07) is 7.94. The number of rotatable bonds is 2. The number of amides is 1. The van der Waals surface area contributed by atoms with Gasteiger partial charge in [0.2, 0.25) is 0 Å². The first kappa shape index (κ1) is 12.3. The van der Waals surface area contributed by atoms with E-state index >= 15 is 0 Å². The van der Waals surface area contributed by atoms with Gasteiger partial charge in [-0.3, -0.25) is 10.1 Å². The zero-order valence-corrected chi connectivity index (χ0v) is 11.8. The Bertz CT molecular complexity index is 663. The highest BCUT2D eigenvalue weighted by atomic mass is 32.2. The Kier molecular flexibility index (Phi) is 3.27. The standard InChI is InChI=1S/C13H11N3OS2/c1-8-7-14-13(18-8)15-12(17)10-6-9-4-2-3-5-11(9)19-16-10/h2-7,16H,1H3,(H,14,15,17). The highest BCUT2D eigenvalue weighted by Crippen LogP contribution is 2.28. The monoisotopic (exact) mass is 289 g/mol. The number of nitrogens with one attached hydrogen (secondary N) is 2. The van der Waals surface area contributed by atoms with Crippen LogP contribution in [0.2, 0.25) is 0 Å². The Morgan fingerprint density at radius 3 is 3.00 bits per heavy atom. The molecule has 1 aliphatic rings. The summed E-state index contributed by atoms with van der Waals surface area (Å²) in [6.07, 6.45) is 3.59. The van der Waals surface area contributed by atoms with Gasteiger partial charge in [0.05, 0.1) is 0 Å². The van der Waals surface area contributed by atoms with E-state index in [-0.39, 0.29) is 5.91 Å². The summed E-state index contributed by atoms with van der Waals surface area (Å²) in [7, 11) is 0. The first-order valence-corrected chi connectivity index (χ1v) is 7.33. The first-order chi connectivity index (χ1) is 9.22. The molecule has 0 aliphatic carbocycles. The van der Waals surface area contributed by atoms with Crippen molar-refractivity contribution in [2.75, 3.05) is 5.32 Å². The molecule has 0 unspecified atom stereocenters. The van der Waals surface area contributed by atoms with Gasteiger partial charge in [-0.1, -0.05) is 18.2 Å². The topological polar surface area (TPSA) is 54.0 Å². The van der Waals surface area contributed by atoms with Gasteiger partial charge in [0.15, 0.2) is 5.13 Å². The minimum atomic E-state index is -0.170. The largest absolute Gasteiger partial charge is 0.321 e. The van der Waals surface area contributed by atoms with Crippen LogP contribution in [0.4, 0.5) is 5.13 Å². The molecule has 6 heteroatoms. The SMILES string of the molecule is Cc1cnc(NC(=O)C2=Cc3ccccc3SN2)s1. The van der Waals surface area contributed by atoms with E-state index < -0.39 is 0 Å². The second-order valence-corrected chi connectivity index (χ2v) is 6.11. The third-order valence-electron chi connectivity index (χ3n) is 2.58. The third kappa shape index (κ3) is 2.64. The van der Waals surface area contributed by atoms with E-state index in [4.69, 9.17) is 0 Å². The zero-order valence-electron chi connectivity index (χ0n) is 10.1. The zero-order chi connectivity index (χ0) is 13.2. The van der Waals surface area contributed by atoms with Gasteiger partial charge < -0.3 is 4.72 Å². The fourth-order valence-corrected chi connectivity index (χ4v) is 3.10. The lowest BCUT2D eigenvalue weighted by Gasteiger charge is -2.16. The van der Waals surface area contributed by atoms with Crippen LogP contribution in [0.3, 0.4) is 0 Å².